The number of rotatable bonds is 2. The minimum atomic E-state index is 0.0359. The molecule has 0 amide bonds. The molecule has 0 atom stereocenters. The largest absolute Gasteiger partial charge is 0.507 e. The van der Waals surface area contributed by atoms with Gasteiger partial charge in [-0.1, -0.05) is 23.7 Å². The zero-order valence-corrected chi connectivity index (χ0v) is 8.82. The average Bonchev–Trinajstić information content (AvgIpc) is 2.66. The van der Waals surface area contributed by atoms with Crippen molar-refractivity contribution in [3.05, 3.63) is 29.0 Å². The van der Waals surface area contributed by atoms with Gasteiger partial charge in [-0.2, -0.15) is 4.98 Å². The highest BCUT2D eigenvalue weighted by Gasteiger charge is 2.11. The summed E-state index contributed by atoms with van der Waals surface area (Å²) in [6, 6.07) is 4.74. The number of halogens is 1. The van der Waals surface area contributed by atoms with Gasteiger partial charge < -0.3 is 9.63 Å². The lowest BCUT2D eigenvalue weighted by molar-refractivity contribution is 0.418. The van der Waals surface area contributed by atoms with E-state index >= 15 is 0 Å². The van der Waals surface area contributed by atoms with Crippen molar-refractivity contribution < 1.29 is 9.63 Å². The summed E-state index contributed by atoms with van der Waals surface area (Å²) >= 11 is 5.71. The van der Waals surface area contributed by atoms with Crippen LogP contribution in [-0.4, -0.2) is 15.2 Å². The fourth-order valence-corrected chi connectivity index (χ4v) is 1.36. The van der Waals surface area contributed by atoms with Crippen LogP contribution in [0.5, 0.6) is 5.75 Å². The van der Waals surface area contributed by atoms with Gasteiger partial charge in [-0.25, -0.2) is 0 Å². The Morgan fingerprint density at radius 3 is 2.87 bits per heavy atom. The minimum absolute atomic E-state index is 0.0359. The van der Waals surface area contributed by atoms with Crippen molar-refractivity contribution in [2.75, 3.05) is 0 Å². The quantitative estimate of drug-likeness (QED) is 0.852. The third-order valence-electron chi connectivity index (χ3n) is 1.97. The van der Waals surface area contributed by atoms with Gasteiger partial charge in [0.1, 0.15) is 5.75 Å². The third-order valence-corrected chi connectivity index (χ3v) is 2.21. The maximum atomic E-state index is 9.61. The second kappa shape index (κ2) is 3.90. The van der Waals surface area contributed by atoms with Crippen LogP contribution < -0.4 is 0 Å². The van der Waals surface area contributed by atoms with Gasteiger partial charge in [0, 0.05) is 11.4 Å². The molecule has 78 valence electrons. The van der Waals surface area contributed by atoms with Crippen molar-refractivity contribution in [1.82, 2.24) is 10.1 Å². The van der Waals surface area contributed by atoms with Crippen LogP contribution in [0.1, 0.15) is 12.7 Å². The molecule has 0 saturated heterocycles. The molecule has 0 bridgehead atoms. The van der Waals surface area contributed by atoms with Gasteiger partial charge in [0.15, 0.2) is 5.82 Å². The Kier molecular flexibility index (Phi) is 2.60. The summed E-state index contributed by atoms with van der Waals surface area (Å²) in [7, 11) is 0. The van der Waals surface area contributed by atoms with Gasteiger partial charge in [-0.3, -0.25) is 0 Å². The highest BCUT2D eigenvalue weighted by molar-refractivity contribution is 6.30. The number of hydrogen-bond acceptors (Lipinski definition) is 4. The van der Waals surface area contributed by atoms with E-state index in [1.54, 1.807) is 12.1 Å². The van der Waals surface area contributed by atoms with E-state index in [0.717, 1.165) is 0 Å². The number of hydrogen-bond donors (Lipinski definition) is 1. The molecule has 1 heterocycles. The Hall–Kier alpha value is -1.55. The van der Waals surface area contributed by atoms with Crippen molar-refractivity contribution in [2.45, 2.75) is 13.3 Å². The van der Waals surface area contributed by atoms with Crippen LogP contribution in [0.3, 0.4) is 0 Å². The lowest BCUT2D eigenvalue weighted by Crippen LogP contribution is -1.83. The van der Waals surface area contributed by atoms with E-state index in [1.807, 2.05) is 6.92 Å². The second-order valence-corrected chi connectivity index (χ2v) is 3.47. The molecule has 0 aliphatic carbocycles. The Balaban J connectivity index is 2.44. The Labute approximate surface area is 91.5 Å². The summed E-state index contributed by atoms with van der Waals surface area (Å²) < 4.78 is 5.00. The van der Waals surface area contributed by atoms with Crippen LogP contribution in [0.4, 0.5) is 0 Å². The van der Waals surface area contributed by atoms with Crippen molar-refractivity contribution >= 4 is 11.6 Å². The zero-order chi connectivity index (χ0) is 10.8. The van der Waals surface area contributed by atoms with E-state index in [0.29, 0.717) is 28.7 Å². The number of benzene rings is 1. The van der Waals surface area contributed by atoms with Crippen LogP contribution in [0, 0.1) is 0 Å². The van der Waals surface area contributed by atoms with Crippen LogP contribution in [0.25, 0.3) is 11.5 Å². The first-order chi connectivity index (χ1) is 7.20. The first-order valence-corrected chi connectivity index (χ1v) is 4.90. The standard InChI is InChI=1S/C10H9ClN2O2/c1-2-9-12-10(15-13-9)7-4-3-6(11)5-8(7)14/h3-5,14H,2H2,1H3. The fourth-order valence-electron chi connectivity index (χ4n) is 1.19. The van der Waals surface area contributed by atoms with E-state index in [9.17, 15) is 5.11 Å². The lowest BCUT2D eigenvalue weighted by atomic mass is 10.2. The van der Waals surface area contributed by atoms with Gasteiger partial charge in [0.05, 0.1) is 5.56 Å². The first-order valence-electron chi connectivity index (χ1n) is 4.52. The molecule has 5 heteroatoms. The van der Waals surface area contributed by atoms with E-state index in [-0.39, 0.29) is 5.75 Å². The highest BCUT2D eigenvalue weighted by atomic mass is 35.5. The maximum Gasteiger partial charge on any atom is 0.261 e. The molecule has 0 saturated carbocycles. The summed E-state index contributed by atoms with van der Waals surface area (Å²) in [6.45, 7) is 1.93. The van der Waals surface area contributed by atoms with Crippen LogP contribution in [0.2, 0.25) is 5.02 Å². The number of aromatic hydroxyl groups is 1. The first kappa shape index (κ1) is 9.98. The molecule has 4 nitrogen and oxygen atoms in total. The zero-order valence-electron chi connectivity index (χ0n) is 8.07. The molecule has 0 aliphatic heterocycles. The molecule has 1 N–H and O–H groups in total. The molecule has 0 fully saturated rings. The number of aromatic nitrogens is 2. The molecule has 15 heavy (non-hydrogen) atoms. The molecule has 0 spiro atoms. The van der Waals surface area contributed by atoms with Crippen LogP contribution >= 0.6 is 11.6 Å². The number of phenols is 1. The normalized spacial score (nSPS) is 10.5. The van der Waals surface area contributed by atoms with E-state index < -0.39 is 0 Å². The number of nitrogens with zero attached hydrogens (tertiary/aromatic N) is 2. The second-order valence-electron chi connectivity index (χ2n) is 3.03. The van der Waals surface area contributed by atoms with Gasteiger partial charge >= 0.3 is 0 Å². The predicted molar refractivity (Wildman–Crippen MR) is 55.8 cm³/mol. The molecule has 0 radical (unpaired) electrons. The molecule has 0 unspecified atom stereocenters. The summed E-state index contributed by atoms with van der Waals surface area (Å²) in [6.07, 6.45) is 0.692. The van der Waals surface area contributed by atoms with Crippen molar-refractivity contribution in [1.29, 1.82) is 0 Å². The van der Waals surface area contributed by atoms with Gasteiger partial charge in [0.2, 0.25) is 0 Å². The third kappa shape index (κ3) is 1.94. The van der Waals surface area contributed by atoms with Crippen molar-refractivity contribution in [3.8, 4) is 17.2 Å². The van der Waals surface area contributed by atoms with Gasteiger partial charge in [0.25, 0.3) is 5.89 Å². The molecule has 1 aromatic carbocycles. The predicted octanol–water partition coefficient (Wildman–Crippen LogP) is 2.66. The molecule has 2 aromatic rings. The molecule has 0 aliphatic rings. The summed E-state index contributed by atoms with van der Waals surface area (Å²) in [5, 5.41) is 13.8. The van der Waals surface area contributed by atoms with Gasteiger partial charge in [-0.15, -0.1) is 0 Å². The molecule has 1 aromatic heterocycles. The Morgan fingerprint density at radius 2 is 2.27 bits per heavy atom. The number of phenolic OH excluding ortho intramolecular Hbond substituents is 1. The van der Waals surface area contributed by atoms with E-state index in [1.165, 1.54) is 6.07 Å². The Bertz CT molecular complexity index is 482. The summed E-state index contributed by atoms with van der Waals surface area (Å²) in [5.74, 6) is 0.953. The van der Waals surface area contributed by atoms with Crippen molar-refractivity contribution in [2.24, 2.45) is 0 Å². The lowest BCUT2D eigenvalue weighted by Gasteiger charge is -1.98. The van der Waals surface area contributed by atoms with Crippen LogP contribution in [-0.2, 0) is 6.42 Å². The van der Waals surface area contributed by atoms with E-state index in [2.05, 4.69) is 10.1 Å². The molecular weight excluding hydrogens is 216 g/mol. The monoisotopic (exact) mass is 224 g/mol. The number of aryl methyl sites for hydroxylation is 1. The van der Waals surface area contributed by atoms with Crippen molar-refractivity contribution in [3.63, 3.8) is 0 Å². The average molecular weight is 225 g/mol. The SMILES string of the molecule is CCc1noc(-c2ccc(Cl)cc2O)n1. The molecule has 2 rings (SSSR count). The minimum Gasteiger partial charge on any atom is -0.507 e. The highest BCUT2D eigenvalue weighted by Crippen LogP contribution is 2.30. The van der Waals surface area contributed by atoms with Gasteiger partial charge in [-0.05, 0) is 18.2 Å². The van der Waals surface area contributed by atoms with E-state index in [4.69, 9.17) is 16.1 Å². The maximum absolute atomic E-state index is 9.61. The Morgan fingerprint density at radius 1 is 1.47 bits per heavy atom. The fraction of sp³-hybridized carbons (Fsp3) is 0.200. The smallest absolute Gasteiger partial charge is 0.261 e. The topological polar surface area (TPSA) is 59.2 Å². The van der Waals surface area contributed by atoms with Crippen LogP contribution in [0.15, 0.2) is 22.7 Å². The molecular formula is C10H9ClN2O2. The summed E-state index contributed by atoms with van der Waals surface area (Å²) in [4.78, 5) is 4.11. The summed E-state index contributed by atoms with van der Waals surface area (Å²) in [5.41, 5.74) is 0.492.